The van der Waals surface area contributed by atoms with Crippen LogP contribution < -0.4 is 10.9 Å². The van der Waals surface area contributed by atoms with Gasteiger partial charge in [0.05, 0.1) is 23.2 Å². The summed E-state index contributed by atoms with van der Waals surface area (Å²) < 4.78 is 4.98. The summed E-state index contributed by atoms with van der Waals surface area (Å²) in [6, 6.07) is 10.2. The number of H-pyrrole nitrogens is 1. The van der Waals surface area contributed by atoms with Gasteiger partial charge in [0.2, 0.25) is 0 Å². The lowest BCUT2D eigenvalue weighted by Crippen LogP contribution is -2.24. The Morgan fingerprint density at radius 3 is 2.79 bits per heavy atom. The van der Waals surface area contributed by atoms with Crippen LogP contribution in [-0.2, 0) is 11.3 Å². The molecule has 2 N–H and O–H groups in total. The largest absolute Gasteiger partial charge is 0.445 e. The second-order valence-corrected chi connectivity index (χ2v) is 4.57. The molecule has 1 aromatic carbocycles. The van der Waals surface area contributed by atoms with E-state index in [9.17, 15) is 19.7 Å². The molecule has 1 heterocycles. The number of aromatic nitrogens is 1. The van der Waals surface area contributed by atoms with E-state index in [1.807, 2.05) is 30.3 Å². The molecule has 1 amide bonds. The molecule has 2 aromatic rings. The number of hydrogen-bond donors (Lipinski definition) is 2. The molecule has 0 bridgehead atoms. The Balaban J connectivity index is 1.85. The van der Waals surface area contributed by atoms with Gasteiger partial charge in [-0.1, -0.05) is 42.2 Å². The minimum Gasteiger partial charge on any atom is -0.445 e. The number of rotatable bonds is 4. The third kappa shape index (κ3) is 4.99. The monoisotopic (exact) mass is 327 g/mol. The van der Waals surface area contributed by atoms with E-state index < -0.39 is 16.6 Å². The number of hydrogen-bond acceptors (Lipinski definition) is 5. The van der Waals surface area contributed by atoms with E-state index in [-0.39, 0.29) is 24.4 Å². The van der Waals surface area contributed by atoms with Gasteiger partial charge in [-0.3, -0.25) is 14.9 Å². The van der Waals surface area contributed by atoms with Crippen molar-refractivity contribution in [2.75, 3.05) is 6.54 Å². The van der Waals surface area contributed by atoms with E-state index in [1.165, 1.54) is 0 Å². The van der Waals surface area contributed by atoms with Crippen molar-refractivity contribution in [3.8, 4) is 11.8 Å². The molecule has 2 rings (SSSR count). The van der Waals surface area contributed by atoms with E-state index in [0.717, 1.165) is 17.8 Å². The van der Waals surface area contributed by atoms with Crippen molar-refractivity contribution in [2.45, 2.75) is 6.61 Å². The first-order chi connectivity index (χ1) is 11.6. The smallest absolute Gasteiger partial charge is 0.408 e. The maximum absolute atomic E-state index is 11.5. The van der Waals surface area contributed by atoms with Crippen molar-refractivity contribution < 1.29 is 14.5 Å². The molecule has 0 atom stereocenters. The predicted molar refractivity (Wildman–Crippen MR) is 85.2 cm³/mol. The zero-order chi connectivity index (χ0) is 17.4. The van der Waals surface area contributed by atoms with Crippen molar-refractivity contribution in [1.82, 2.24) is 10.3 Å². The summed E-state index contributed by atoms with van der Waals surface area (Å²) >= 11 is 0. The molecule has 8 heteroatoms. The van der Waals surface area contributed by atoms with Gasteiger partial charge in [-0.25, -0.2) is 4.79 Å². The number of nitrogens with one attached hydrogen (secondary N) is 2. The standard InChI is InChI=1S/C16H13N3O5/c20-15-13(9-14(10-18-15)19(22)23)7-4-8-17-16(21)24-11-12-5-2-1-3-6-12/h1-3,5-6,9-10H,8,11H2,(H,17,21)(H,18,20). The highest BCUT2D eigenvalue weighted by Gasteiger charge is 2.07. The van der Waals surface area contributed by atoms with Gasteiger partial charge in [-0.15, -0.1) is 0 Å². The Morgan fingerprint density at radius 2 is 2.08 bits per heavy atom. The first-order valence-corrected chi connectivity index (χ1v) is 6.87. The topological polar surface area (TPSA) is 114 Å². The zero-order valence-corrected chi connectivity index (χ0v) is 12.4. The third-order valence-electron chi connectivity index (χ3n) is 2.86. The van der Waals surface area contributed by atoms with Crippen LogP contribution in [0.5, 0.6) is 0 Å². The molecule has 0 spiro atoms. The molecule has 0 unspecified atom stereocenters. The van der Waals surface area contributed by atoms with Crippen LogP contribution in [0.15, 0.2) is 47.4 Å². The van der Waals surface area contributed by atoms with Crippen LogP contribution in [0.25, 0.3) is 0 Å². The van der Waals surface area contributed by atoms with E-state index in [1.54, 1.807) is 0 Å². The molecule has 0 aliphatic heterocycles. The van der Waals surface area contributed by atoms with Crippen LogP contribution in [-0.4, -0.2) is 22.5 Å². The molecule has 24 heavy (non-hydrogen) atoms. The van der Waals surface area contributed by atoms with Gasteiger partial charge < -0.3 is 15.0 Å². The summed E-state index contributed by atoms with van der Waals surface area (Å²) in [6.45, 7) is 0.0698. The quantitative estimate of drug-likeness (QED) is 0.502. The molecule has 8 nitrogen and oxygen atoms in total. The van der Waals surface area contributed by atoms with Crippen LogP contribution in [0.2, 0.25) is 0 Å². The molecule has 0 aliphatic rings. The van der Waals surface area contributed by atoms with Gasteiger partial charge in [0.15, 0.2) is 0 Å². The highest BCUT2D eigenvalue weighted by Crippen LogP contribution is 2.07. The molecular weight excluding hydrogens is 314 g/mol. The molecule has 0 saturated carbocycles. The fourth-order valence-corrected chi connectivity index (χ4v) is 1.70. The normalized spacial score (nSPS) is 9.50. The van der Waals surface area contributed by atoms with E-state index >= 15 is 0 Å². The minimum absolute atomic E-state index is 0.0522. The number of carbonyl (C=O) groups excluding carboxylic acids is 1. The second kappa shape index (κ2) is 8.14. The van der Waals surface area contributed by atoms with Gasteiger partial charge in [-0.05, 0) is 5.56 Å². The number of alkyl carbamates (subject to hydrolysis) is 1. The number of pyridine rings is 1. The zero-order valence-electron chi connectivity index (χ0n) is 12.4. The number of carbonyl (C=O) groups is 1. The fraction of sp³-hybridized carbons (Fsp3) is 0.125. The number of nitrogens with zero attached hydrogens (tertiary/aromatic N) is 1. The Bertz CT molecular complexity index is 849. The average Bonchev–Trinajstić information content (AvgIpc) is 2.59. The maximum atomic E-state index is 11.5. The van der Waals surface area contributed by atoms with Gasteiger partial charge >= 0.3 is 6.09 Å². The Morgan fingerprint density at radius 1 is 1.33 bits per heavy atom. The summed E-state index contributed by atoms with van der Waals surface area (Å²) in [7, 11) is 0. The highest BCUT2D eigenvalue weighted by atomic mass is 16.6. The van der Waals surface area contributed by atoms with E-state index in [2.05, 4.69) is 22.1 Å². The number of nitro groups is 1. The molecule has 0 radical (unpaired) electrons. The Hall–Kier alpha value is -3.60. The first-order valence-electron chi connectivity index (χ1n) is 6.87. The van der Waals surface area contributed by atoms with Crippen molar-refractivity contribution in [1.29, 1.82) is 0 Å². The predicted octanol–water partition coefficient (Wildman–Crippen LogP) is 1.56. The molecule has 0 saturated heterocycles. The molecule has 0 aliphatic carbocycles. The second-order valence-electron chi connectivity index (χ2n) is 4.57. The van der Waals surface area contributed by atoms with Crippen LogP contribution >= 0.6 is 0 Å². The summed E-state index contributed by atoms with van der Waals surface area (Å²) in [5, 5.41) is 13.0. The number of benzene rings is 1. The summed E-state index contributed by atoms with van der Waals surface area (Å²) in [5.74, 6) is 5.00. The highest BCUT2D eigenvalue weighted by molar-refractivity contribution is 5.67. The average molecular weight is 327 g/mol. The fourth-order valence-electron chi connectivity index (χ4n) is 1.70. The van der Waals surface area contributed by atoms with E-state index in [0.29, 0.717) is 0 Å². The lowest BCUT2D eigenvalue weighted by molar-refractivity contribution is -0.385. The Labute approximate surface area is 136 Å². The van der Waals surface area contributed by atoms with Crippen molar-refractivity contribution in [2.24, 2.45) is 0 Å². The van der Waals surface area contributed by atoms with Crippen LogP contribution in [0.1, 0.15) is 11.1 Å². The first kappa shape index (κ1) is 16.8. The maximum Gasteiger partial charge on any atom is 0.408 e. The van der Waals surface area contributed by atoms with Crippen LogP contribution in [0.3, 0.4) is 0 Å². The van der Waals surface area contributed by atoms with E-state index in [4.69, 9.17) is 4.74 Å². The summed E-state index contributed by atoms with van der Waals surface area (Å²) in [4.78, 5) is 35.2. The SMILES string of the molecule is O=C(NCC#Cc1cc([N+](=O)[O-])c[nH]c1=O)OCc1ccccc1. The summed E-state index contributed by atoms with van der Waals surface area (Å²) in [6.07, 6.45) is 0.341. The lowest BCUT2D eigenvalue weighted by Gasteiger charge is -2.04. The minimum atomic E-state index is -0.652. The molecular formula is C16H13N3O5. The van der Waals surface area contributed by atoms with Crippen molar-refractivity contribution in [3.63, 3.8) is 0 Å². The lowest BCUT2D eigenvalue weighted by atomic mass is 10.2. The number of amides is 1. The number of aromatic amines is 1. The van der Waals surface area contributed by atoms with Crippen molar-refractivity contribution in [3.05, 3.63) is 74.2 Å². The Kier molecular flexibility index (Phi) is 5.69. The molecule has 122 valence electrons. The summed E-state index contributed by atoms with van der Waals surface area (Å²) in [5.41, 5.74) is -0.0144. The van der Waals surface area contributed by atoms with Gasteiger partial charge in [-0.2, -0.15) is 0 Å². The van der Waals surface area contributed by atoms with Gasteiger partial charge in [0, 0.05) is 6.07 Å². The van der Waals surface area contributed by atoms with Crippen LogP contribution in [0, 0.1) is 22.0 Å². The van der Waals surface area contributed by atoms with Gasteiger partial charge in [0.1, 0.15) is 6.61 Å². The van der Waals surface area contributed by atoms with Gasteiger partial charge in [0.25, 0.3) is 11.2 Å². The van der Waals surface area contributed by atoms with Crippen LogP contribution in [0.4, 0.5) is 10.5 Å². The third-order valence-corrected chi connectivity index (χ3v) is 2.86. The van der Waals surface area contributed by atoms with Crippen molar-refractivity contribution >= 4 is 11.8 Å². The number of ether oxygens (including phenoxy) is 1. The molecule has 0 fully saturated rings. The molecule has 1 aromatic heterocycles.